The maximum absolute atomic E-state index is 12.7. The highest BCUT2D eigenvalue weighted by Gasteiger charge is 2.20. The van der Waals surface area contributed by atoms with Crippen LogP contribution in [0.15, 0.2) is 59.3 Å². The number of thiazole rings is 1. The van der Waals surface area contributed by atoms with E-state index in [4.69, 9.17) is 9.51 Å². The van der Waals surface area contributed by atoms with E-state index in [0.29, 0.717) is 29.4 Å². The number of imidazole rings is 1. The minimum atomic E-state index is -0.405. The molecule has 5 aromatic rings. The molecule has 3 amide bonds. The Morgan fingerprint density at radius 3 is 2.46 bits per heavy atom. The first-order valence-electron chi connectivity index (χ1n) is 13.7. The zero-order chi connectivity index (χ0) is 29.1. The third-order valence-corrected chi connectivity index (χ3v) is 7.91. The number of hydrogen-bond acceptors (Lipinski definition) is 7. The van der Waals surface area contributed by atoms with Crippen molar-refractivity contribution in [2.24, 2.45) is 0 Å². The van der Waals surface area contributed by atoms with E-state index in [1.807, 2.05) is 73.8 Å². The highest BCUT2D eigenvalue weighted by Crippen LogP contribution is 2.31. The van der Waals surface area contributed by atoms with E-state index < -0.39 is 6.03 Å². The first-order chi connectivity index (χ1) is 19.6. The van der Waals surface area contributed by atoms with Gasteiger partial charge in [0, 0.05) is 47.6 Å². The fourth-order valence-corrected chi connectivity index (χ4v) is 5.49. The minimum Gasteiger partial charge on any atom is -0.359 e. The average molecular weight is 574 g/mol. The molecule has 3 N–H and O–H groups in total. The SMILES string of the molecule is CCN(CC)CCNC(=O)c1ccc2c(c1)sc1nc(-c3ccc(NC(=O)Nc4cc(C(C)(C)C)on4)cc3)cn12. The van der Waals surface area contributed by atoms with Crippen molar-refractivity contribution >= 4 is 50.0 Å². The summed E-state index contributed by atoms with van der Waals surface area (Å²) in [4.78, 5) is 33.0. The van der Waals surface area contributed by atoms with E-state index in [0.717, 1.165) is 46.1 Å². The number of likely N-dealkylation sites (N-methyl/N-ethyl adjacent to an activating group) is 1. The molecule has 0 aliphatic heterocycles. The minimum absolute atomic E-state index is 0.0659. The Bertz CT molecular complexity index is 1670. The number of nitrogens with one attached hydrogen (secondary N) is 3. The van der Waals surface area contributed by atoms with E-state index in [1.54, 1.807) is 17.4 Å². The molecule has 0 atom stereocenters. The molecule has 0 aliphatic carbocycles. The number of rotatable bonds is 9. The van der Waals surface area contributed by atoms with Crippen molar-refractivity contribution in [3.8, 4) is 11.3 Å². The smallest absolute Gasteiger partial charge is 0.324 e. The van der Waals surface area contributed by atoms with Gasteiger partial charge in [-0.3, -0.25) is 14.5 Å². The predicted molar refractivity (Wildman–Crippen MR) is 164 cm³/mol. The summed E-state index contributed by atoms with van der Waals surface area (Å²) in [5.41, 5.74) is 3.84. The van der Waals surface area contributed by atoms with Crippen LogP contribution < -0.4 is 16.0 Å². The van der Waals surface area contributed by atoms with Crippen molar-refractivity contribution in [1.82, 2.24) is 24.8 Å². The lowest BCUT2D eigenvalue weighted by atomic mass is 9.93. The topological polar surface area (TPSA) is 117 Å². The largest absolute Gasteiger partial charge is 0.359 e. The van der Waals surface area contributed by atoms with Crippen LogP contribution in [0.2, 0.25) is 0 Å². The molecule has 41 heavy (non-hydrogen) atoms. The Kier molecular flexibility index (Phi) is 8.09. The highest BCUT2D eigenvalue weighted by atomic mass is 32.1. The number of nitrogens with zero attached hydrogens (tertiary/aromatic N) is 4. The molecular weight excluding hydrogens is 538 g/mol. The summed E-state index contributed by atoms with van der Waals surface area (Å²) in [6.07, 6.45) is 1.99. The zero-order valence-corrected chi connectivity index (χ0v) is 24.8. The van der Waals surface area contributed by atoms with Crippen molar-refractivity contribution in [1.29, 1.82) is 0 Å². The maximum atomic E-state index is 12.7. The molecule has 0 radical (unpaired) electrons. The molecule has 2 aromatic carbocycles. The van der Waals surface area contributed by atoms with E-state index in [-0.39, 0.29) is 11.3 Å². The Balaban J connectivity index is 1.23. The number of urea groups is 1. The molecule has 5 rings (SSSR count). The molecule has 3 heterocycles. The standard InChI is InChI=1S/C30H35N7O3S/c1-6-36(7-2)15-14-31-27(38)20-10-13-23-24(16-20)41-29-33-22(18-37(23)29)19-8-11-21(12-9-19)32-28(39)34-26-17-25(40-35-26)30(3,4)5/h8-13,16-18H,6-7,14-15H2,1-5H3,(H,31,38)(H2,32,34,35,39). The Morgan fingerprint density at radius 1 is 1.02 bits per heavy atom. The van der Waals surface area contributed by atoms with Gasteiger partial charge in [0.05, 0.1) is 15.9 Å². The van der Waals surface area contributed by atoms with Gasteiger partial charge in [0.1, 0.15) is 5.76 Å². The number of benzene rings is 2. The van der Waals surface area contributed by atoms with Crippen LogP contribution in [0, 0.1) is 0 Å². The van der Waals surface area contributed by atoms with E-state index in [1.165, 1.54) is 0 Å². The van der Waals surface area contributed by atoms with Gasteiger partial charge in [-0.25, -0.2) is 9.78 Å². The second-order valence-electron chi connectivity index (χ2n) is 10.8. The molecule has 0 aliphatic rings. The molecular formula is C30H35N7O3S. The van der Waals surface area contributed by atoms with Crippen LogP contribution in [0.1, 0.15) is 50.7 Å². The number of hydrogen-bond donors (Lipinski definition) is 3. The van der Waals surface area contributed by atoms with Crippen LogP contribution in [0.25, 0.3) is 26.4 Å². The summed E-state index contributed by atoms with van der Waals surface area (Å²) in [6, 6.07) is 14.6. The summed E-state index contributed by atoms with van der Waals surface area (Å²) in [5, 5.41) is 12.4. The first kappa shape index (κ1) is 28.3. The van der Waals surface area contributed by atoms with Crippen molar-refractivity contribution in [2.75, 3.05) is 36.8 Å². The fraction of sp³-hybridized carbons (Fsp3) is 0.333. The van der Waals surface area contributed by atoms with Crippen molar-refractivity contribution < 1.29 is 14.1 Å². The molecule has 0 saturated heterocycles. The van der Waals surface area contributed by atoms with Crippen LogP contribution in [0.4, 0.5) is 16.3 Å². The van der Waals surface area contributed by atoms with Gasteiger partial charge in [0.2, 0.25) is 0 Å². The number of aromatic nitrogens is 3. The van der Waals surface area contributed by atoms with Crippen LogP contribution in [0.5, 0.6) is 0 Å². The van der Waals surface area contributed by atoms with Gasteiger partial charge < -0.3 is 20.1 Å². The van der Waals surface area contributed by atoms with Crippen LogP contribution in [-0.2, 0) is 5.41 Å². The molecule has 0 saturated carbocycles. The van der Waals surface area contributed by atoms with Gasteiger partial charge in [-0.15, -0.1) is 0 Å². The van der Waals surface area contributed by atoms with Gasteiger partial charge in [-0.05, 0) is 43.4 Å². The molecule has 0 fully saturated rings. The number of carbonyl (C=O) groups is 2. The van der Waals surface area contributed by atoms with E-state index >= 15 is 0 Å². The van der Waals surface area contributed by atoms with Crippen LogP contribution in [0.3, 0.4) is 0 Å². The van der Waals surface area contributed by atoms with E-state index in [9.17, 15) is 9.59 Å². The summed E-state index contributed by atoms with van der Waals surface area (Å²) in [5.74, 6) is 0.985. The molecule has 3 aromatic heterocycles. The summed E-state index contributed by atoms with van der Waals surface area (Å²) < 4.78 is 8.36. The van der Waals surface area contributed by atoms with Crippen molar-refractivity contribution in [2.45, 2.75) is 40.0 Å². The molecule has 0 unspecified atom stereocenters. The van der Waals surface area contributed by atoms with Crippen molar-refractivity contribution in [3.05, 3.63) is 66.1 Å². The number of amides is 3. The Hall–Kier alpha value is -4.22. The Morgan fingerprint density at radius 2 is 1.78 bits per heavy atom. The van der Waals surface area contributed by atoms with Crippen molar-refractivity contribution in [3.63, 3.8) is 0 Å². The lowest BCUT2D eigenvalue weighted by molar-refractivity contribution is 0.0949. The van der Waals surface area contributed by atoms with Gasteiger partial charge in [-0.2, -0.15) is 0 Å². The van der Waals surface area contributed by atoms with Crippen LogP contribution in [-0.4, -0.2) is 57.6 Å². The number of anilines is 2. The van der Waals surface area contributed by atoms with Crippen LogP contribution >= 0.6 is 11.3 Å². The van der Waals surface area contributed by atoms with E-state index in [2.05, 4.69) is 39.9 Å². The van der Waals surface area contributed by atoms with Gasteiger partial charge in [-0.1, -0.05) is 63.2 Å². The summed E-state index contributed by atoms with van der Waals surface area (Å²) in [7, 11) is 0. The monoisotopic (exact) mass is 573 g/mol. The quantitative estimate of drug-likeness (QED) is 0.193. The lowest BCUT2D eigenvalue weighted by Crippen LogP contribution is -2.34. The zero-order valence-electron chi connectivity index (χ0n) is 23.9. The Labute approximate surface area is 242 Å². The van der Waals surface area contributed by atoms with Gasteiger partial charge in [0.15, 0.2) is 10.8 Å². The highest BCUT2D eigenvalue weighted by molar-refractivity contribution is 7.23. The fourth-order valence-electron chi connectivity index (χ4n) is 4.44. The average Bonchev–Trinajstić information content (AvgIpc) is 3.66. The molecule has 0 spiro atoms. The lowest BCUT2D eigenvalue weighted by Gasteiger charge is -2.17. The number of carbonyl (C=O) groups excluding carboxylic acids is 2. The molecule has 10 nitrogen and oxygen atoms in total. The van der Waals surface area contributed by atoms with Gasteiger partial charge >= 0.3 is 6.03 Å². The summed E-state index contributed by atoms with van der Waals surface area (Å²) in [6.45, 7) is 13.7. The summed E-state index contributed by atoms with van der Waals surface area (Å²) >= 11 is 1.55. The normalized spacial score (nSPS) is 11.9. The second-order valence-corrected chi connectivity index (χ2v) is 11.8. The molecule has 0 bridgehead atoms. The second kappa shape index (κ2) is 11.7. The third kappa shape index (κ3) is 6.41. The molecule has 11 heteroatoms. The maximum Gasteiger partial charge on any atom is 0.324 e. The van der Waals surface area contributed by atoms with Gasteiger partial charge in [0.25, 0.3) is 5.91 Å². The molecule has 214 valence electrons. The third-order valence-electron chi connectivity index (χ3n) is 6.89. The first-order valence-corrected chi connectivity index (χ1v) is 14.5. The predicted octanol–water partition coefficient (Wildman–Crippen LogP) is 6.22. The number of fused-ring (bicyclic) bond motifs is 3.